The lowest BCUT2D eigenvalue weighted by atomic mass is 10.1. The molecular formula is C15H26N2. The van der Waals surface area contributed by atoms with Crippen molar-refractivity contribution in [1.29, 1.82) is 0 Å². The Kier molecular flexibility index (Phi) is 6.90. The zero-order chi connectivity index (χ0) is 12.5. The molecular weight excluding hydrogens is 208 g/mol. The molecule has 0 heterocycles. The molecule has 2 nitrogen and oxygen atoms in total. The summed E-state index contributed by atoms with van der Waals surface area (Å²) in [5, 5.41) is 0. The molecule has 0 fully saturated rings. The Bertz CT molecular complexity index is 310. The Balaban J connectivity index is 2.54. The normalized spacial score (nSPS) is 11.1. The molecule has 0 spiro atoms. The van der Waals surface area contributed by atoms with Crippen LogP contribution in [-0.2, 0) is 13.1 Å². The largest absolute Gasteiger partial charge is 0.326 e. The van der Waals surface area contributed by atoms with Crippen molar-refractivity contribution in [2.24, 2.45) is 5.73 Å². The maximum atomic E-state index is 5.77. The molecule has 0 aliphatic carbocycles. The molecule has 0 unspecified atom stereocenters. The molecule has 0 saturated heterocycles. The van der Waals surface area contributed by atoms with Crippen molar-refractivity contribution in [1.82, 2.24) is 4.90 Å². The smallest absolute Gasteiger partial charge is 0.0236 e. The lowest BCUT2D eigenvalue weighted by Crippen LogP contribution is -2.24. The van der Waals surface area contributed by atoms with Crippen molar-refractivity contribution in [2.45, 2.75) is 46.2 Å². The minimum atomic E-state index is 0.642. The average Bonchev–Trinajstić information content (AvgIpc) is 2.38. The van der Waals surface area contributed by atoms with Crippen molar-refractivity contribution >= 4 is 0 Å². The van der Waals surface area contributed by atoms with E-state index in [0.717, 1.165) is 13.1 Å². The van der Waals surface area contributed by atoms with Crippen molar-refractivity contribution in [2.75, 3.05) is 13.1 Å². The van der Waals surface area contributed by atoms with Gasteiger partial charge in [0, 0.05) is 13.1 Å². The van der Waals surface area contributed by atoms with Gasteiger partial charge in [-0.15, -0.1) is 0 Å². The quantitative estimate of drug-likeness (QED) is 0.700. The van der Waals surface area contributed by atoms with Gasteiger partial charge in [0.25, 0.3) is 0 Å². The van der Waals surface area contributed by atoms with E-state index in [1.54, 1.807) is 0 Å². The third-order valence-electron chi connectivity index (χ3n) is 3.26. The third kappa shape index (κ3) is 4.88. The molecule has 0 saturated carbocycles. The first-order valence-electron chi connectivity index (χ1n) is 6.81. The van der Waals surface area contributed by atoms with Crippen LogP contribution in [0.1, 0.15) is 44.2 Å². The van der Waals surface area contributed by atoms with E-state index in [9.17, 15) is 0 Å². The first-order valence-corrected chi connectivity index (χ1v) is 6.81. The molecule has 0 atom stereocenters. The van der Waals surface area contributed by atoms with Gasteiger partial charge < -0.3 is 5.73 Å². The Hall–Kier alpha value is -0.860. The van der Waals surface area contributed by atoms with E-state index in [1.807, 2.05) is 0 Å². The predicted octanol–water partition coefficient (Wildman–Crippen LogP) is 3.16. The van der Waals surface area contributed by atoms with Crippen LogP contribution in [-0.4, -0.2) is 18.0 Å². The molecule has 1 aromatic rings. The SMILES string of the molecule is CCCCCN(CC)Cc1ccccc1CN. The van der Waals surface area contributed by atoms with Gasteiger partial charge in [0.1, 0.15) is 0 Å². The first kappa shape index (κ1) is 14.2. The number of unbranched alkanes of at least 4 members (excludes halogenated alkanes) is 2. The standard InChI is InChI=1S/C15H26N2/c1-3-5-8-11-17(4-2)13-15-10-7-6-9-14(15)12-16/h6-7,9-10H,3-5,8,11-13,16H2,1-2H3. The molecule has 2 heteroatoms. The van der Waals surface area contributed by atoms with Gasteiger partial charge in [-0.1, -0.05) is 51.0 Å². The summed E-state index contributed by atoms with van der Waals surface area (Å²) >= 11 is 0. The molecule has 0 radical (unpaired) electrons. The summed E-state index contributed by atoms with van der Waals surface area (Å²) in [6.45, 7) is 8.47. The van der Waals surface area contributed by atoms with Gasteiger partial charge in [-0.05, 0) is 30.6 Å². The lowest BCUT2D eigenvalue weighted by molar-refractivity contribution is 0.272. The molecule has 2 N–H and O–H groups in total. The molecule has 0 aliphatic heterocycles. The van der Waals surface area contributed by atoms with Gasteiger partial charge in [0.15, 0.2) is 0 Å². The fraction of sp³-hybridized carbons (Fsp3) is 0.600. The molecule has 17 heavy (non-hydrogen) atoms. The summed E-state index contributed by atoms with van der Waals surface area (Å²) in [4.78, 5) is 2.50. The maximum absolute atomic E-state index is 5.77. The van der Waals surface area contributed by atoms with E-state index in [-0.39, 0.29) is 0 Å². The van der Waals surface area contributed by atoms with E-state index in [2.05, 4.69) is 43.0 Å². The van der Waals surface area contributed by atoms with Crippen molar-refractivity contribution in [3.05, 3.63) is 35.4 Å². The van der Waals surface area contributed by atoms with Crippen LogP contribution in [0.2, 0.25) is 0 Å². The van der Waals surface area contributed by atoms with Gasteiger partial charge >= 0.3 is 0 Å². The lowest BCUT2D eigenvalue weighted by Gasteiger charge is -2.21. The first-order chi connectivity index (χ1) is 8.31. The minimum absolute atomic E-state index is 0.642. The maximum Gasteiger partial charge on any atom is 0.0236 e. The Labute approximate surface area is 106 Å². The van der Waals surface area contributed by atoms with E-state index < -0.39 is 0 Å². The van der Waals surface area contributed by atoms with Crippen LogP contribution in [0.3, 0.4) is 0 Å². The van der Waals surface area contributed by atoms with Gasteiger partial charge in [-0.3, -0.25) is 4.90 Å². The topological polar surface area (TPSA) is 29.3 Å². The molecule has 0 aliphatic rings. The fourth-order valence-corrected chi connectivity index (χ4v) is 2.09. The van der Waals surface area contributed by atoms with Crippen molar-refractivity contribution < 1.29 is 0 Å². The number of nitrogens with two attached hydrogens (primary N) is 1. The second kappa shape index (κ2) is 8.26. The molecule has 0 bridgehead atoms. The molecule has 96 valence electrons. The van der Waals surface area contributed by atoms with Crippen LogP contribution >= 0.6 is 0 Å². The molecule has 1 rings (SSSR count). The van der Waals surface area contributed by atoms with Gasteiger partial charge in [-0.25, -0.2) is 0 Å². The Morgan fingerprint density at radius 2 is 1.76 bits per heavy atom. The average molecular weight is 234 g/mol. The van der Waals surface area contributed by atoms with Crippen LogP contribution in [0, 0.1) is 0 Å². The van der Waals surface area contributed by atoms with Gasteiger partial charge in [0.2, 0.25) is 0 Å². The number of nitrogens with zero attached hydrogens (tertiary/aromatic N) is 1. The minimum Gasteiger partial charge on any atom is -0.326 e. The number of hydrogen-bond acceptors (Lipinski definition) is 2. The van der Waals surface area contributed by atoms with Gasteiger partial charge in [0.05, 0.1) is 0 Å². The van der Waals surface area contributed by atoms with E-state index in [1.165, 1.54) is 36.9 Å². The van der Waals surface area contributed by atoms with Crippen molar-refractivity contribution in [3.8, 4) is 0 Å². The second-order valence-electron chi connectivity index (χ2n) is 4.55. The van der Waals surface area contributed by atoms with Crippen LogP contribution in [0.25, 0.3) is 0 Å². The third-order valence-corrected chi connectivity index (χ3v) is 3.26. The predicted molar refractivity (Wildman–Crippen MR) is 74.8 cm³/mol. The highest BCUT2D eigenvalue weighted by atomic mass is 15.1. The van der Waals surface area contributed by atoms with E-state index in [4.69, 9.17) is 5.73 Å². The monoisotopic (exact) mass is 234 g/mol. The molecule has 0 amide bonds. The highest BCUT2D eigenvalue weighted by molar-refractivity contribution is 5.26. The number of rotatable bonds is 8. The molecule has 1 aromatic carbocycles. The fourth-order valence-electron chi connectivity index (χ4n) is 2.09. The Morgan fingerprint density at radius 1 is 1.06 bits per heavy atom. The Morgan fingerprint density at radius 3 is 2.35 bits per heavy atom. The summed E-state index contributed by atoms with van der Waals surface area (Å²) in [5.74, 6) is 0. The van der Waals surface area contributed by atoms with Gasteiger partial charge in [-0.2, -0.15) is 0 Å². The number of benzene rings is 1. The van der Waals surface area contributed by atoms with Crippen LogP contribution in [0.5, 0.6) is 0 Å². The van der Waals surface area contributed by atoms with E-state index in [0.29, 0.717) is 6.54 Å². The zero-order valence-corrected chi connectivity index (χ0v) is 11.3. The molecule has 0 aromatic heterocycles. The summed E-state index contributed by atoms with van der Waals surface area (Å²) < 4.78 is 0. The summed E-state index contributed by atoms with van der Waals surface area (Å²) in [7, 11) is 0. The van der Waals surface area contributed by atoms with Crippen LogP contribution in [0.15, 0.2) is 24.3 Å². The van der Waals surface area contributed by atoms with Crippen LogP contribution < -0.4 is 5.73 Å². The van der Waals surface area contributed by atoms with E-state index >= 15 is 0 Å². The van der Waals surface area contributed by atoms with Crippen molar-refractivity contribution in [3.63, 3.8) is 0 Å². The summed E-state index contributed by atoms with van der Waals surface area (Å²) in [6.07, 6.45) is 3.92. The van der Waals surface area contributed by atoms with Crippen LogP contribution in [0.4, 0.5) is 0 Å². The summed E-state index contributed by atoms with van der Waals surface area (Å²) in [5.41, 5.74) is 8.43. The summed E-state index contributed by atoms with van der Waals surface area (Å²) in [6, 6.07) is 8.51. The highest BCUT2D eigenvalue weighted by Gasteiger charge is 2.06. The zero-order valence-electron chi connectivity index (χ0n) is 11.3. The second-order valence-corrected chi connectivity index (χ2v) is 4.55. The highest BCUT2D eigenvalue weighted by Crippen LogP contribution is 2.11. The number of hydrogen-bond donors (Lipinski definition) is 1.